The zero-order valence-corrected chi connectivity index (χ0v) is 11.0. The molecule has 0 aliphatic carbocycles. The molecular formula is C13H11ClF3N3. The molecule has 7 heteroatoms. The molecule has 106 valence electrons. The van der Waals surface area contributed by atoms with E-state index in [1.807, 2.05) is 0 Å². The molecule has 0 bridgehead atoms. The molecule has 0 amide bonds. The molecule has 2 aromatic rings. The zero-order valence-electron chi connectivity index (χ0n) is 10.2. The van der Waals surface area contributed by atoms with E-state index in [2.05, 4.69) is 10.3 Å². The summed E-state index contributed by atoms with van der Waals surface area (Å²) in [6.07, 6.45) is -3.06. The largest absolute Gasteiger partial charge is 0.418 e. The molecule has 20 heavy (non-hydrogen) atoms. The van der Waals surface area contributed by atoms with Crippen molar-refractivity contribution in [3.8, 4) is 0 Å². The molecule has 0 saturated carbocycles. The highest BCUT2D eigenvalue weighted by Gasteiger charge is 2.33. The molecule has 3 nitrogen and oxygen atoms in total. The second-order valence-electron chi connectivity index (χ2n) is 4.06. The van der Waals surface area contributed by atoms with Crippen molar-refractivity contribution >= 4 is 23.0 Å². The van der Waals surface area contributed by atoms with Gasteiger partial charge in [-0.15, -0.1) is 0 Å². The van der Waals surface area contributed by atoms with Gasteiger partial charge in [0.05, 0.1) is 28.8 Å². The Morgan fingerprint density at radius 2 is 1.95 bits per heavy atom. The molecule has 0 atom stereocenters. The van der Waals surface area contributed by atoms with Crippen LogP contribution in [0.4, 0.5) is 24.5 Å². The normalized spacial score (nSPS) is 11.4. The third-order valence-electron chi connectivity index (χ3n) is 2.60. The lowest BCUT2D eigenvalue weighted by Crippen LogP contribution is -2.09. The number of alkyl halides is 3. The van der Waals surface area contributed by atoms with Crippen LogP contribution in [0.1, 0.15) is 11.3 Å². The maximum atomic E-state index is 12.9. The smallest absolute Gasteiger partial charge is 0.354 e. The molecule has 0 spiro atoms. The van der Waals surface area contributed by atoms with E-state index in [0.717, 1.165) is 6.07 Å². The summed E-state index contributed by atoms with van der Waals surface area (Å²) in [5, 5.41) is 2.70. The lowest BCUT2D eigenvalue weighted by Gasteiger charge is -2.15. The molecule has 1 aromatic carbocycles. The summed E-state index contributed by atoms with van der Waals surface area (Å²) in [4.78, 5) is 4.01. The minimum Gasteiger partial charge on any atom is -0.354 e. The third kappa shape index (κ3) is 3.40. The maximum absolute atomic E-state index is 12.9. The topological polar surface area (TPSA) is 50.9 Å². The maximum Gasteiger partial charge on any atom is 0.418 e. The molecule has 0 aliphatic rings. The third-order valence-corrected chi connectivity index (χ3v) is 2.83. The van der Waals surface area contributed by atoms with E-state index >= 15 is 0 Å². The van der Waals surface area contributed by atoms with Gasteiger partial charge in [0.15, 0.2) is 0 Å². The van der Waals surface area contributed by atoms with Crippen molar-refractivity contribution in [1.82, 2.24) is 4.98 Å². The van der Waals surface area contributed by atoms with Gasteiger partial charge in [-0.25, -0.2) is 0 Å². The van der Waals surface area contributed by atoms with Crippen LogP contribution in [0.15, 0.2) is 36.5 Å². The van der Waals surface area contributed by atoms with E-state index in [4.69, 9.17) is 17.3 Å². The predicted molar refractivity (Wildman–Crippen MR) is 71.9 cm³/mol. The molecular weight excluding hydrogens is 291 g/mol. The fraction of sp³-hybridized carbons (Fsp3) is 0.154. The van der Waals surface area contributed by atoms with Gasteiger partial charge in [-0.2, -0.15) is 13.2 Å². The monoisotopic (exact) mass is 301 g/mol. The van der Waals surface area contributed by atoms with Crippen molar-refractivity contribution < 1.29 is 13.2 Å². The van der Waals surface area contributed by atoms with Gasteiger partial charge < -0.3 is 11.1 Å². The van der Waals surface area contributed by atoms with E-state index in [1.54, 1.807) is 12.1 Å². The second kappa shape index (κ2) is 5.68. The van der Waals surface area contributed by atoms with Crippen LogP contribution in [0.2, 0.25) is 5.02 Å². The van der Waals surface area contributed by atoms with Crippen LogP contribution in [0.5, 0.6) is 0 Å². The molecule has 0 aliphatic heterocycles. The van der Waals surface area contributed by atoms with E-state index in [0.29, 0.717) is 11.4 Å². The Bertz CT molecular complexity index is 597. The van der Waals surface area contributed by atoms with E-state index in [1.165, 1.54) is 18.3 Å². The Labute approximate surface area is 118 Å². The first kappa shape index (κ1) is 14.6. The van der Waals surface area contributed by atoms with Crippen molar-refractivity contribution in [1.29, 1.82) is 0 Å². The van der Waals surface area contributed by atoms with Crippen molar-refractivity contribution in [3.05, 3.63) is 52.8 Å². The summed E-state index contributed by atoms with van der Waals surface area (Å²) in [5.41, 5.74) is 5.59. The molecule has 0 radical (unpaired) electrons. The Balaban J connectivity index is 2.32. The van der Waals surface area contributed by atoms with Crippen LogP contribution in [-0.4, -0.2) is 4.98 Å². The zero-order chi connectivity index (χ0) is 14.8. The summed E-state index contributed by atoms with van der Waals surface area (Å²) in [5.74, 6) is 0. The van der Waals surface area contributed by atoms with E-state index in [-0.39, 0.29) is 17.3 Å². The number of aromatic nitrogens is 1. The van der Waals surface area contributed by atoms with Gasteiger partial charge >= 0.3 is 6.18 Å². The van der Waals surface area contributed by atoms with Gasteiger partial charge in [0, 0.05) is 11.6 Å². The Kier molecular flexibility index (Phi) is 4.15. The second-order valence-corrected chi connectivity index (χ2v) is 4.49. The molecule has 1 aromatic heterocycles. The number of hydrogen-bond donors (Lipinski definition) is 2. The van der Waals surface area contributed by atoms with Gasteiger partial charge in [-0.3, -0.25) is 4.98 Å². The highest BCUT2D eigenvalue weighted by molar-refractivity contribution is 6.30. The van der Waals surface area contributed by atoms with Gasteiger partial charge in [0.1, 0.15) is 0 Å². The van der Waals surface area contributed by atoms with Crippen LogP contribution in [-0.2, 0) is 12.7 Å². The predicted octanol–water partition coefficient (Wildman–Crippen LogP) is 3.96. The average molecular weight is 302 g/mol. The standard InChI is InChI=1S/C13H11ClF3N3/c14-8-1-4-12(11(5-8)13(15,16)17)20-10-3-2-9(6-18)19-7-10/h1-5,7,20H,6,18H2. The minimum absolute atomic E-state index is 0.0273. The van der Waals surface area contributed by atoms with Gasteiger partial charge in [-0.1, -0.05) is 11.6 Å². The van der Waals surface area contributed by atoms with Crippen LogP contribution in [0.25, 0.3) is 0 Å². The van der Waals surface area contributed by atoms with E-state index < -0.39 is 11.7 Å². The number of nitrogens with one attached hydrogen (secondary N) is 1. The van der Waals surface area contributed by atoms with Crippen LogP contribution in [0.3, 0.4) is 0 Å². The Morgan fingerprint density at radius 1 is 1.20 bits per heavy atom. The fourth-order valence-corrected chi connectivity index (χ4v) is 1.81. The molecule has 0 saturated heterocycles. The summed E-state index contributed by atoms with van der Waals surface area (Å²) in [6, 6.07) is 6.81. The highest BCUT2D eigenvalue weighted by atomic mass is 35.5. The Morgan fingerprint density at radius 3 is 2.50 bits per heavy atom. The Hall–Kier alpha value is -1.79. The first-order valence-corrected chi connectivity index (χ1v) is 6.06. The quantitative estimate of drug-likeness (QED) is 0.902. The minimum atomic E-state index is -4.49. The van der Waals surface area contributed by atoms with Gasteiger partial charge in [-0.05, 0) is 30.3 Å². The average Bonchev–Trinajstić information content (AvgIpc) is 2.40. The molecule has 0 fully saturated rings. The summed E-state index contributed by atoms with van der Waals surface area (Å²) in [7, 11) is 0. The summed E-state index contributed by atoms with van der Waals surface area (Å²) in [6.45, 7) is 0.273. The molecule has 1 heterocycles. The van der Waals surface area contributed by atoms with Crippen LogP contribution >= 0.6 is 11.6 Å². The molecule has 2 rings (SSSR count). The van der Waals surface area contributed by atoms with Crippen molar-refractivity contribution in [2.45, 2.75) is 12.7 Å². The number of pyridine rings is 1. The number of nitrogens with two attached hydrogens (primary N) is 1. The number of nitrogens with zero attached hydrogens (tertiary/aromatic N) is 1. The molecule has 3 N–H and O–H groups in total. The summed E-state index contributed by atoms with van der Waals surface area (Å²) < 4.78 is 38.8. The summed E-state index contributed by atoms with van der Waals surface area (Å²) >= 11 is 5.61. The number of halogens is 4. The number of hydrogen-bond acceptors (Lipinski definition) is 3. The van der Waals surface area contributed by atoms with E-state index in [9.17, 15) is 13.2 Å². The number of anilines is 2. The fourth-order valence-electron chi connectivity index (χ4n) is 1.63. The van der Waals surface area contributed by atoms with Gasteiger partial charge in [0.2, 0.25) is 0 Å². The SMILES string of the molecule is NCc1ccc(Nc2ccc(Cl)cc2C(F)(F)F)cn1. The number of rotatable bonds is 3. The lowest BCUT2D eigenvalue weighted by atomic mass is 10.1. The van der Waals surface area contributed by atoms with Crippen molar-refractivity contribution in [2.75, 3.05) is 5.32 Å². The van der Waals surface area contributed by atoms with Crippen LogP contribution < -0.4 is 11.1 Å². The first-order chi connectivity index (χ1) is 9.40. The highest BCUT2D eigenvalue weighted by Crippen LogP contribution is 2.37. The number of benzene rings is 1. The van der Waals surface area contributed by atoms with Gasteiger partial charge in [0.25, 0.3) is 0 Å². The van der Waals surface area contributed by atoms with Crippen LogP contribution in [0, 0.1) is 0 Å². The molecule has 0 unspecified atom stereocenters. The van der Waals surface area contributed by atoms with Crippen molar-refractivity contribution in [2.24, 2.45) is 5.73 Å². The van der Waals surface area contributed by atoms with Crippen molar-refractivity contribution in [3.63, 3.8) is 0 Å². The lowest BCUT2D eigenvalue weighted by molar-refractivity contribution is -0.136. The first-order valence-electron chi connectivity index (χ1n) is 5.69.